The lowest BCUT2D eigenvalue weighted by atomic mass is 10.2. The predicted octanol–water partition coefficient (Wildman–Crippen LogP) is 4.50. The first-order chi connectivity index (χ1) is 15.0. The maximum Gasteiger partial charge on any atom is 0.259 e. The van der Waals surface area contributed by atoms with E-state index in [0.29, 0.717) is 23.0 Å². The molecular weight excluding hydrogens is 399 g/mol. The van der Waals surface area contributed by atoms with Crippen molar-refractivity contribution in [2.24, 2.45) is 0 Å². The number of nitrogens with zero attached hydrogens (tertiary/aromatic N) is 5. The van der Waals surface area contributed by atoms with Crippen molar-refractivity contribution in [1.82, 2.24) is 24.7 Å². The molecular formula is C22H19FN6O2. The Kier molecular flexibility index (Phi) is 5.65. The van der Waals surface area contributed by atoms with E-state index < -0.39 is 11.7 Å². The molecule has 4 rings (SSSR count). The van der Waals surface area contributed by atoms with Gasteiger partial charge in [-0.25, -0.2) is 9.37 Å². The summed E-state index contributed by atoms with van der Waals surface area (Å²) >= 11 is 0. The normalized spacial score (nSPS) is 10.8. The molecule has 0 aliphatic carbocycles. The van der Waals surface area contributed by atoms with Gasteiger partial charge in [0.05, 0.1) is 11.8 Å². The van der Waals surface area contributed by atoms with Crippen LogP contribution in [0.5, 0.6) is 11.5 Å². The molecule has 31 heavy (non-hydrogen) atoms. The first kappa shape index (κ1) is 20.1. The molecule has 0 spiro atoms. The van der Waals surface area contributed by atoms with E-state index in [9.17, 15) is 9.18 Å². The third-order valence-electron chi connectivity index (χ3n) is 4.40. The van der Waals surface area contributed by atoms with E-state index >= 15 is 0 Å². The third kappa shape index (κ3) is 4.55. The number of hydrogen-bond donors (Lipinski definition) is 1. The third-order valence-corrected chi connectivity index (χ3v) is 4.40. The first-order valence-electron chi connectivity index (χ1n) is 9.57. The summed E-state index contributed by atoms with van der Waals surface area (Å²) in [5.41, 5.74) is 0.372. The number of pyridine rings is 2. The molecule has 9 heteroatoms. The molecule has 3 aromatic heterocycles. The standard InChI is InChI=1S/C22H19FN6O2/c1-14(2)29-13-25-28-21(29)19-6-3-7-20(26-19)27-22(30)17-11-15(8-9-18(17)23)31-16-5-4-10-24-12-16/h3-14H,1-2H3,(H,26,27,30). The van der Waals surface area contributed by atoms with Crippen LogP contribution in [0.1, 0.15) is 30.2 Å². The molecule has 0 aliphatic rings. The van der Waals surface area contributed by atoms with Gasteiger partial charge in [0.25, 0.3) is 5.91 Å². The highest BCUT2D eigenvalue weighted by molar-refractivity contribution is 6.04. The molecule has 4 aromatic rings. The quantitative estimate of drug-likeness (QED) is 0.495. The van der Waals surface area contributed by atoms with E-state index in [1.54, 1.807) is 42.9 Å². The minimum Gasteiger partial charge on any atom is -0.456 e. The average molecular weight is 418 g/mol. The van der Waals surface area contributed by atoms with Crippen molar-refractivity contribution >= 4 is 11.7 Å². The largest absolute Gasteiger partial charge is 0.456 e. The topological polar surface area (TPSA) is 94.8 Å². The maximum absolute atomic E-state index is 14.3. The zero-order chi connectivity index (χ0) is 21.8. The Morgan fingerprint density at radius 3 is 2.77 bits per heavy atom. The van der Waals surface area contributed by atoms with Gasteiger partial charge in [0, 0.05) is 12.2 Å². The average Bonchev–Trinajstić information content (AvgIpc) is 3.26. The van der Waals surface area contributed by atoms with Gasteiger partial charge in [-0.15, -0.1) is 10.2 Å². The zero-order valence-corrected chi connectivity index (χ0v) is 16.9. The number of carbonyl (C=O) groups excluding carboxylic acids is 1. The van der Waals surface area contributed by atoms with Crippen LogP contribution >= 0.6 is 0 Å². The number of rotatable bonds is 6. The lowest BCUT2D eigenvalue weighted by Gasteiger charge is -2.11. The van der Waals surface area contributed by atoms with E-state index in [1.165, 1.54) is 24.4 Å². The van der Waals surface area contributed by atoms with Gasteiger partial charge < -0.3 is 14.6 Å². The van der Waals surface area contributed by atoms with Crippen molar-refractivity contribution in [1.29, 1.82) is 0 Å². The molecule has 1 amide bonds. The smallest absolute Gasteiger partial charge is 0.259 e. The van der Waals surface area contributed by atoms with Crippen molar-refractivity contribution < 1.29 is 13.9 Å². The fraction of sp³-hybridized carbons (Fsp3) is 0.136. The van der Waals surface area contributed by atoms with Crippen LogP contribution in [0.3, 0.4) is 0 Å². The maximum atomic E-state index is 14.3. The number of anilines is 1. The van der Waals surface area contributed by atoms with E-state index in [2.05, 4.69) is 25.5 Å². The second-order valence-corrected chi connectivity index (χ2v) is 6.95. The Morgan fingerprint density at radius 1 is 1.13 bits per heavy atom. The molecule has 0 saturated carbocycles. The van der Waals surface area contributed by atoms with Crippen LogP contribution in [0.2, 0.25) is 0 Å². The van der Waals surface area contributed by atoms with Crippen molar-refractivity contribution in [2.75, 3.05) is 5.32 Å². The minimum absolute atomic E-state index is 0.140. The summed E-state index contributed by atoms with van der Waals surface area (Å²) in [6.07, 6.45) is 4.76. The lowest BCUT2D eigenvalue weighted by molar-refractivity contribution is 0.102. The Hall–Kier alpha value is -4.14. The molecule has 0 aliphatic heterocycles. The lowest BCUT2D eigenvalue weighted by Crippen LogP contribution is -2.15. The molecule has 8 nitrogen and oxygen atoms in total. The first-order valence-corrected chi connectivity index (χ1v) is 9.57. The zero-order valence-electron chi connectivity index (χ0n) is 16.9. The van der Waals surface area contributed by atoms with Crippen LogP contribution in [0.25, 0.3) is 11.5 Å². The van der Waals surface area contributed by atoms with Crippen molar-refractivity contribution in [3.63, 3.8) is 0 Å². The van der Waals surface area contributed by atoms with E-state index in [4.69, 9.17) is 4.74 Å². The van der Waals surface area contributed by atoms with Gasteiger partial charge in [-0.1, -0.05) is 6.07 Å². The molecule has 156 valence electrons. The molecule has 0 unspecified atom stereocenters. The minimum atomic E-state index is -0.674. The molecule has 0 saturated heterocycles. The van der Waals surface area contributed by atoms with Crippen molar-refractivity contribution in [3.05, 3.63) is 78.6 Å². The summed E-state index contributed by atoms with van der Waals surface area (Å²) < 4.78 is 21.8. The van der Waals surface area contributed by atoms with Crippen LogP contribution in [-0.4, -0.2) is 30.6 Å². The fourth-order valence-corrected chi connectivity index (χ4v) is 2.90. The van der Waals surface area contributed by atoms with Crippen LogP contribution in [0.4, 0.5) is 10.2 Å². The van der Waals surface area contributed by atoms with Crippen molar-refractivity contribution in [3.8, 4) is 23.0 Å². The predicted molar refractivity (Wildman–Crippen MR) is 112 cm³/mol. The van der Waals surface area contributed by atoms with Crippen LogP contribution in [-0.2, 0) is 0 Å². The van der Waals surface area contributed by atoms with Crippen LogP contribution in [0.15, 0.2) is 67.3 Å². The van der Waals surface area contributed by atoms with Gasteiger partial charge in [0.2, 0.25) is 0 Å². The number of aromatic nitrogens is 5. The Morgan fingerprint density at radius 2 is 2.00 bits per heavy atom. The molecule has 0 radical (unpaired) electrons. The van der Waals surface area contributed by atoms with Gasteiger partial charge in [-0.2, -0.15) is 0 Å². The fourth-order valence-electron chi connectivity index (χ4n) is 2.90. The number of benzene rings is 1. The number of ether oxygens (including phenoxy) is 1. The van der Waals surface area contributed by atoms with Crippen LogP contribution < -0.4 is 10.1 Å². The highest BCUT2D eigenvalue weighted by Crippen LogP contribution is 2.24. The Bertz CT molecular complexity index is 1210. The number of halogens is 1. The number of hydrogen-bond acceptors (Lipinski definition) is 6. The van der Waals surface area contributed by atoms with E-state index in [0.717, 1.165) is 0 Å². The highest BCUT2D eigenvalue weighted by atomic mass is 19.1. The Balaban J connectivity index is 1.56. The summed E-state index contributed by atoms with van der Waals surface area (Å²) in [7, 11) is 0. The molecule has 0 bridgehead atoms. The monoisotopic (exact) mass is 418 g/mol. The molecule has 3 heterocycles. The van der Waals surface area contributed by atoms with E-state index in [1.807, 2.05) is 18.4 Å². The molecule has 0 atom stereocenters. The van der Waals surface area contributed by atoms with Gasteiger partial charge in [-0.05, 0) is 56.3 Å². The van der Waals surface area contributed by atoms with Gasteiger partial charge in [0.15, 0.2) is 5.82 Å². The van der Waals surface area contributed by atoms with Crippen molar-refractivity contribution in [2.45, 2.75) is 19.9 Å². The van der Waals surface area contributed by atoms with Gasteiger partial charge in [-0.3, -0.25) is 9.78 Å². The SMILES string of the molecule is CC(C)n1cnnc1-c1cccc(NC(=O)c2cc(Oc3cccnc3)ccc2F)n1. The van der Waals surface area contributed by atoms with Gasteiger partial charge in [0.1, 0.15) is 35.2 Å². The number of nitrogens with one attached hydrogen (secondary N) is 1. The molecule has 0 fully saturated rings. The second kappa shape index (κ2) is 8.70. The summed E-state index contributed by atoms with van der Waals surface area (Å²) in [5, 5.41) is 10.7. The summed E-state index contributed by atoms with van der Waals surface area (Å²) in [4.78, 5) is 21.1. The van der Waals surface area contributed by atoms with E-state index in [-0.39, 0.29) is 17.4 Å². The second-order valence-electron chi connectivity index (χ2n) is 6.95. The molecule has 1 N–H and O–H groups in total. The van der Waals surface area contributed by atoms with Crippen LogP contribution in [0, 0.1) is 5.82 Å². The Labute approximate surface area is 177 Å². The molecule has 1 aromatic carbocycles. The number of amides is 1. The van der Waals surface area contributed by atoms with Gasteiger partial charge >= 0.3 is 0 Å². The summed E-state index contributed by atoms with van der Waals surface area (Å²) in [6, 6.07) is 12.6. The summed E-state index contributed by atoms with van der Waals surface area (Å²) in [5.74, 6) is 0.300. The summed E-state index contributed by atoms with van der Waals surface area (Å²) in [6.45, 7) is 4.00. The highest BCUT2D eigenvalue weighted by Gasteiger charge is 2.16. The number of carbonyl (C=O) groups is 1.